The second-order valence-corrected chi connectivity index (χ2v) is 6.43. The molecule has 21 heavy (non-hydrogen) atoms. The highest BCUT2D eigenvalue weighted by Crippen LogP contribution is 2.32. The molecule has 1 atom stereocenters. The number of rotatable bonds is 3. The van der Waals surface area contributed by atoms with Gasteiger partial charge in [-0.15, -0.1) is 0 Å². The first kappa shape index (κ1) is 14.8. The molecular weight excluding hydrogens is 395 g/mol. The highest BCUT2D eigenvalue weighted by molar-refractivity contribution is 14.1. The lowest BCUT2D eigenvalue weighted by molar-refractivity contribution is 0.693. The van der Waals surface area contributed by atoms with Crippen LogP contribution in [-0.4, -0.2) is 12.0 Å². The molecule has 0 amide bonds. The van der Waals surface area contributed by atoms with Crippen molar-refractivity contribution < 1.29 is 0 Å². The van der Waals surface area contributed by atoms with Crippen LogP contribution in [0.15, 0.2) is 54.9 Å². The van der Waals surface area contributed by atoms with E-state index in [-0.39, 0.29) is 6.04 Å². The highest BCUT2D eigenvalue weighted by Gasteiger charge is 2.17. The molecule has 0 bridgehead atoms. The van der Waals surface area contributed by atoms with Gasteiger partial charge in [0, 0.05) is 26.4 Å². The zero-order valence-corrected chi connectivity index (χ0v) is 14.4. The number of fused-ring (bicyclic) bond motifs is 1. The predicted molar refractivity (Wildman–Crippen MR) is 96.8 cm³/mol. The molecule has 1 N–H and O–H groups in total. The number of halogens is 2. The summed E-state index contributed by atoms with van der Waals surface area (Å²) in [6.45, 7) is 0. The van der Waals surface area contributed by atoms with Gasteiger partial charge < -0.3 is 5.32 Å². The summed E-state index contributed by atoms with van der Waals surface area (Å²) in [6, 6.07) is 14.5. The van der Waals surface area contributed by atoms with E-state index in [9.17, 15) is 0 Å². The van der Waals surface area contributed by atoms with Crippen LogP contribution in [-0.2, 0) is 0 Å². The summed E-state index contributed by atoms with van der Waals surface area (Å²) in [6.07, 6.45) is 3.73. The van der Waals surface area contributed by atoms with Crippen LogP contribution in [0.25, 0.3) is 10.8 Å². The van der Waals surface area contributed by atoms with E-state index in [1.165, 1.54) is 20.1 Å². The number of hydrogen-bond donors (Lipinski definition) is 1. The Bertz CT molecular complexity index is 783. The maximum Gasteiger partial charge on any atom is 0.0591 e. The molecule has 0 radical (unpaired) electrons. The molecule has 3 aromatic rings. The fourth-order valence-electron chi connectivity index (χ4n) is 2.61. The summed E-state index contributed by atoms with van der Waals surface area (Å²) < 4.78 is 1.20. The topological polar surface area (TPSA) is 24.9 Å². The third kappa shape index (κ3) is 2.91. The van der Waals surface area contributed by atoms with E-state index in [1.54, 1.807) is 0 Å². The molecule has 0 saturated heterocycles. The minimum Gasteiger partial charge on any atom is -0.309 e. The minimum atomic E-state index is 0.0988. The Kier molecular flexibility index (Phi) is 4.42. The maximum absolute atomic E-state index is 6.18. The van der Waals surface area contributed by atoms with E-state index < -0.39 is 0 Å². The molecule has 106 valence electrons. The largest absolute Gasteiger partial charge is 0.309 e. The predicted octanol–water partition coefficient (Wildman–Crippen LogP) is 4.80. The number of hydrogen-bond acceptors (Lipinski definition) is 2. The zero-order chi connectivity index (χ0) is 14.8. The lowest BCUT2D eigenvalue weighted by Crippen LogP contribution is -2.19. The van der Waals surface area contributed by atoms with Crippen molar-refractivity contribution in [1.82, 2.24) is 10.3 Å². The lowest BCUT2D eigenvalue weighted by atomic mass is 9.94. The van der Waals surface area contributed by atoms with E-state index in [2.05, 4.69) is 63.2 Å². The van der Waals surface area contributed by atoms with E-state index in [1.807, 2.05) is 31.6 Å². The summed E-state index contributed by atoms with van der Waals surface area (Å²) in [7, 11) is 1.97. The van der Waals surface area contributed by atoms with Crippen LogP contribution in [0.2, 0.25) is 5.02 Å². The SMILES string of the molecule is CNC(c1cc(Cl)ccc1I)c1cccc2cnccc12. The van der Waals surface area contributed by atoms with Crippen molar-refractivity contribution >= 4 is 45.0 Å². The lowest BCUT2D eigenvalue weighted by Gasteiger charge is -2.21. The molecule has 0 spiro atoms. The third-order valence-electron chi connectivity index (χ3n) is 3.58. The van der Waals surface area contributed by atoms with Gasteiger partial charge in [0.1, 0.15) is 0 Å². The first-order chi connectivity index (χ1) is 10.2. The third-order valence-corrected chi connectivity index (χ3v) is 4.80. The Hall–Kier alpha value is -1.17. The highest BCUT2D eigenvalue weighted by atomic mass is 127. The fourth-order valence-corrected chi connectivity index (χ4v) is 3.44. The summed E-state index contributed by atoms with van der Waals surface area (Å²) in [5.41, 5.74) is 2.42. The fraction of sp³-hybridized carbons (Fsp3) is 0.118. The minimum absolute atomic E-state index is 0.0988. The molecular formula is C17H14ClIN2. The van der Waals surface area contributed by atoms with Crippen LogP contribution in [0.3, 0.4) is 0 Å². The molecule has 0 fully saturated rings. The molecule has 2 aromatic carbocycles. The quantitative estimate of drug-likeness (QED) is 0.630. The monoisotopic (exact) mass is 408 g/mol. The molecule has 4 heteroatoms. The normalized spacial score (nSPS) is 12.5. The molecule has 1 unspecified atom stereocenters. The Morgan fingerprint density at radius 3 is 2.81 bits per heavy atom. The van der Waals surface area contributed by atoms with Crippen LogP contribution < -0.4 is 5.32 Å². The van der Waals surface area contributed by atoms with Gasteiger partial charge in [-0.2, -0.15) is 0 Å². The van der Waals surface area contributed by atoms with Crippen molar-refractivity contribution in [1.29, 1.82) is 0 Å². The summed E-state index contributed by atoms with van der Waals surface area (Å²) in [5, 5.41) is 6.52. The van der Waals surface area contributed by atoms with E-state index in [4.69, 9.17) is 11.6 Å². The number of nitrogens with one attached hydrogen (secondary N) is 1. The van der Waals surface area contributed by atoms with Gasteiger partial charge in [0.15, 0.2) is 0 Å². The zero-order valence-electron chi connectivity index (χ0n) is 11.5. The molecule has 1 aromatic heterocycles. The second kappa shape index (κ2) is 6.30. The molecule has 1 heterocycles. The molecule has 3 rings (SSSR count). The van der Waals surface area contributed by atoms with Gasteiger partial charge in [0.05, 0.1) is 6.04 Å². The Labute approximate surface area is 142 Å². The first-order valence-corrected chi connectivity index (χ1v) is 8.11. The van der Waals surface area contributed by atoms with Crippen LogP contribution in [0.1, 0.15) is 17.2 Å². The van der Waals surface area contributed by atoms with Crippen molar-refractivity contribution in [2.45, 2.75) is 6.04 Å². The number of nitrogens with zero attached hydrogens (tertiary/aromatic N) is 1. The van der Waals surface area contributed by atoms with E-state index >= 15 is 0 Å². The van der Waals surface area contributed by atoms with Gasteiger partial charge in [-0.25, -0.2) is 0 Å². The average Bonchev–Trinajstić information content (AvgIpc) is 2.51. The van der Waals surface area contributed by atoms with Gasteiger partial charge >= 0.3 is 0 Å². The smallest absolute Gasteiger partial charge is 0.0591 e. The molecule has 2 nitrogen and oxygen atoms in total. The van der Waals surface area contributed by atoms with Crippen molar-refractivity contribution in [3.8, 4) is 0 Å². The van der Waals surface area contributed by atoms with Crippen LogP contribution in [0.5, 0.6) is 0 Å². The van der Waals surface area contributed by atoms with Crippen molar-refractivity contribution in [3.63, 3.8) is 0 Å². The number of pyridine rings is 1. The second-order valence-electron chi connectivity index (χ2n) is 4.83. The van der Waals surface area contributed by atoms with Crippen LogP contribution in [0.4, 0.5) is 0 Å². The number of aromatic nitrogens is 1. The molecule has 0 aliphatic rings. The molecule has 0 saturated carbocycles. The van der Waals surface area contributed by atoms with Crippen molar-refractivity contribution in [2.24, 2.45) is 0 Å². The van der Waals surface area contributed by atoms with Crippen LogP contribution >= 0.6 is 34.2 Å². The maximum atomic E-state index is 6.18. The van der Waals surface area contributed by atoms with E-state index in [0.29, 0.717) is 0 Å². The molecule has 0 aliphatic carbocycles. The number of benzene rings is 2. The van der Waals surface area contributed by atoms with Gasteiger partial charge in [-0.05, 0) is 70.4 Å². The van der Waals surface area contributed by atoms with Crippen LogP contribution in [0, 0.1) is 3.57 Å². The van der Waals surface area contributed by atoms with Gasteiger partial charge in [0.25, 0.3) is 0 Å². The van der Waals surface area contributed by atoms with Crippen molar-refractivity contribution in [2.75, 3.05) is 7.05 Å². The first-order valence-electron chi connectivity index (χ1n) is 6.65. The standard InChI is InChI=1S/C17H14ClIN2/c1-20-17(15-9-12(18)5-6-16(15)19)14-4-2-3-11-10-21-8-7-13(11)14/h2-10,17,20H,1H3. The van der Waals surface area contributed by atoms with Gasteiger partial charge in [-0.1, -0.05) is 29.8 Å². The average molecular weight is 409 g/mol. The summed E-state index contributed by atoms with van der Waals surface area (Å²) in [4.78, 5) is 4.20. The summed E-state index contributed by atoms with van der Waals surface area (Å²) >= 11 is 8.54. The van der Waals surface area contributed by atoms with Gasteiger partial charge in [0.2, 0.25) is 0 Å². The summed E-state index contributed by atoms with van der Waals surface area (Å²) in [5.74, 6) is 0. The Balaban J connectivity index is 2.21. The Morgan fingerprint density at radius 1 is 1.14 bits per heavy atom. The van der Waals surface area contributed by atoms with Crippen molar-refractivity contribution in [3.05, 3.63) is 74.6 Å². The Morgan fingerprint density at radius 2 is 2.00 bits per heavy atom. The molecule has 0 aliphatic heterocycles. The van der Waals surface area contributed by atoms with E-state index in [0.717, 1.165) is 10.4 Å². The van der Waals surface area contributed by atoms with Gasteiger partial charge in [-0.3, -0.25) is 4.98 Å².